The highest BCUT2D eigenvalue weighted by atomic mass is 32.2. The quantitative estimate of drug-likeness (QED) is 0.874. The molecule has 0 amide bonds. The highest BCUT2D eigenvalue weighted by molar-refractivity contribution is 8.00. The average Bonchev–Trinajstić information content (AvgIpc) is 2.17. The summed E-state index contributed by atoms with van der Waals surface area (Å²) >= 11 is 1.80. The molecule has 0 spiro atoms. The number of nitrogens with two attached hydrogens (primary N) is 1. The van der Waals surface area contributed by atoms with Gasteiger partial charge in [-0.2, -0.15) is 11.8 Å². The molecule has 0 aliphatic heterocycles. The van der Waals surface area contributed by atoms with Crippen molar-refractivity contribution < 1.29 is 4.39 Å². The SMILES string of the molecule is Cc1ccc(C(N)CSC(C)(C)C)cc1F. The van der Waals surface area contributed by atoms with Crippen LogP contribution in [0.1, 0.15) is 37.9 Å². The minimum Gasteiger partial charge on any atom is -0.323 e. The van der Waals surface area contributed by atoms with E-state index in [9.17, 15) is 4.39 Å². The molecule has 0 bridgehead atoms. The van der Waals surface area contributed by atoms with Crippen molar-refractivity contribution in [3.63, 3.8) is 0 Å². The zero-order valence-electron chi connectivity index (χ0n) is 10.4. The summed E-state index contributed by atoms with van der Waals surface area (Å²) in [5.41, 5.74) is 7.57. The summed E-state index contributed by atoms with van der Waals surface area (Å²) in [6, 6.07) is 5.14. The lowest BCUT2D eigenvalue weighted by atomic mass is 10.1. The van der Waals surface area contributed by atoms with E-state index < -0.39 is 0 Å². The van der Waals surface area contributed by atoms with Gasteiger partial charge in [-0.05, 0) is 24.1 Å². The highest BCUT2D eigenvalue weighted by Gasteiger charge is 2.15. The molecule has 0 aromatic heterocycles. The molecule has 0 aliphatic rings. The summed E-state index contributed by atoms with van der Waals surface area (Å²) < 4.78 is 13.5. The Bertz CT molecular complexity index is 357. The van der Waals surface area contributed by atoms with E-state index in [1.165, 1.54) is 0 Å². The number of halogens is 1. The molecule has 1 nitrogen and oxygen atoms in total. The monoisotopic (exact) mass is 241 g/mol. The van der Waals surface area contributed by atoms with Crippen LogP contribution in [0.2, 0.25) is 0 Å². The third-order valence-corrected chi connectivity index (χ3v) is 3.71. The van der Waals surface area contributed by atoms with Gasteiger partial charge in [-0.25, -0.2) is 4.39 Å². The Morgan fingerprint density at radius 1 is 1.38 bits per heavy atom. The fourth-order valence-electron chi connectivity index (χ4n) is 1.28. The first-order valence-electron chi connectivity index (χ1n) is 5.45. The number of benzene rings is 1. The zero-order valence-corrected chi connectivity index (χ0v) is 11.2. The Balaban J connectivity index is 2.66. The van der Waals surface area contributed by atoms with Gasteiger partial charge in [0, 0.05) is 16.5 Å². The van der Waals surface area contributed by atoms with Crippen LogP contribution in [0.4, 0.5) is 4.39 Å². The molecule has 1 aromatic carbocycles. The number of rotatable bonds is 3. The van der Waals surface area contributed by atoms with E-state index >= 15 is 0 Å². The van der Waals surface area contributed by atoms with Crippen LogP contribution >= 0.6 is 11.8 Å². The normalized spacial score (nSPS) is 13.9. The van der Waals surface area contributed by atoms with Gasteiger partial charge in [0.1, 0.15) is 5.82 Å². The van der Waals surface area contributed by atoms with E-state index in [1.807, 2.05) is 6.07 Å². The van der Waals surface area contributed by atoms with E-state index in [4.69, 9.17) is 5.73 Å². The van der Waals surface area contributed by atoms with Crippen molar-refractivity contribution in [1.82, 2.24) is 0 Å². The van der Waals surface area contributed by atoms with Gasteiger partial charge in [0.2, 0.25) is 0 Å². The van der Waals surface area contributed by atoms with Crippen LogP contribution in [0.3, 0.4) is 0 Å². The first-order chi connectivity index (χ1) is 7.29. The molecule has 3 heteroatoms. The van der Waals surface area contributed by atoms with Crippen molar-refractivity contribution in [1.29, 1.82) is 0 Å². The molecule has 0 radical (unpaired) electrons. The van der Waals surface area contributed by atoms with Gasteiger partial charge in [-0.15, -0.1) is 0 Å². The first-order valence-corrected chi connectivity index (χ1v) is 6.44. The first kappa shape index (κ1) is 13.5. The summed E-state index contributed by atoms with van der Waals surface area (Å²) in [6.07, 6.45) is 0. The lowest BCUT2D eigenvalue weighted by molar-refractivity contribution is 0.613. The smallest absolute Gasteiger partial charge is 0.126 e. The third kappa shape index (κ3) is 4.14. The predicted molar refractivity (Wildman–Crippen MR) is 70.3 cm³/mol. The fourth-order valence-corrected chi connectivity index (χ4v) is 2.15. The zero-order chi connectivity index (χ0) is 12.3. The standard InChI is InChI=1S/C13H20FNS/c1-9-5-6-10(7-11(9)14)12(15)8-16-13(2,3)4/h5-7,12H,8,15H2,1-4H3. The van der Waals surface area contributed by atoms with E-state index in [0.29, 0.717) is 5.56 Å². The molecule has 0 heterocycles. The predicted octanol–water partition coefficient (Wildman–Crippen LogP) is 3.67. The summed E-state index contributed by atoms with van der Waals surface area (Å²) in [7, 11) is 0. The molecule has 1 unspecified atom stereocenters. The number of hydrogen-bond donors (Lipinski definition) is 1. The molecule has 0 saturated carbocycles. The van der Waals surface area contributed by atoms with Crippen molar-refractivity contribution >= 4 is 11.8 Å². The van der Waals surface area contributed by atoms with Crippen LogP contribution in [0.25, 0.3) is 0 Å². The summed E-state index contributed by atoms with van der Waals surface area (Å²) in [4.78, 5) is 0. The summed E-state index contributed by atoms with van der Waals surface area (Å²) in [5.74, 6) is 0.639. The van der Waals surface area contributed by atoms with Gasteiger partial charge in [0.15, 0.2) is 0 Å². The second-order valence-corrected chi connectivity index (χ2v) is 6.89. The minimum absolute atomic E-state index is 0.0978. The Labute approximate surface area is 102 Å². The Kier molecular flexibility index (Phi) is 4.39. The Morgan fingerprint density at radius 2 is 2.00 bits per heavy atom. The summed E-state index contributed by atoms with van der Waals surface area (Å²) in [6.45, 7) is 8.22. The van der Waals surface area contributed by atoms with Crippen LogP contribution < -0.4 is 5.73 Å². The second kappa shape index (κ2) is 5.19. The molecule has 16 heavy (non-hydrogen) atoms. The van der Waals surface area contributed by atoms with Crippen LogP contribution in [0.5, 0.6) is 0 Å². The van der Waals surface area contributed by atoms with Gasteiger partial charge in [-0.1, -0.05) is 32.9 Å². The molecule has 90 valence electrons. The van der Waals surface area contributed by atoms with Crippen LogP contribution in [-0.4, -0.2) is 10.5 Å². The molecular formula is C13H20FNS. The molecule has 0 saturated heterocycles. The van der Waals surface area contributed by atoms with Crippen LogP contribution in [-0.2, 0) is 0 Å². The van der Waals surface area contributed by atoms with Gasteiger partial charge in [0.05, 0.1) is 0 Å². The van der Waals surface area contributed by atoms with E-state index in [-0.39, 0.29) is 16.6 Å². The van der Waals surface area contributed by atoms with E-state index in [0.717, 1.165) is 11.3 Å². The number of hydrogen-bond acceptors (Lipinski definition) is 2. The molecule has 1 aromatic rings. The third-order valence-electron chi connectivity index (χ3n) is 2.32. The fraction of sp³-hybridized carbons (Fsp3) is 0.538. The van der Waals surface area contributed by atoms with Crippen molar-refractivity contribution in [3.8, 4) is 0 Å². The van der Waals surface area contributed by atoms with Gasteiger partial charge in [-0.3, -0.25) is 0 Å². The van der Waals surface area contributed by atoms with Gasteiger partial charge >= 0.3 is 0 Å². The van der Waals surface area contributed by atoms with Gasteiger partial charge in [0.25, 0.3) is 0 Å². The highest BCUT2D eigenvalue weighted by Crippen LogP contribution is 2.27. The minimum atomic E-state index is -0.172. The maximum absolute atomic E-state index is 13.4. The second-order valence-electron chi connectivity index (χ2n) is 5.04. The van der Waals surface area contributed by atoms with Gasteiger partial charge < -0.3 is 5.73 Å². The molecule has 0 fully saturated rings. The lowest BCUT2D eigenvalue weighted by Gasteiger charge is -2.21. The maximum atomic E-state index is 13.4. The number of thioether (sulfide) groups is 1. The average molecular weight is 241 g/mol. The molecular weight excluding hydrogens is 221 g/mol. The summed E-state index contributed by atoms with van der Waals surface area (Å²) in [5, 5.41) is 0. The topological polar surface area (TPSA) is 26.0 Å². The van der Waals surface area contributed by atoms with E-state index in [2.05, 4.69) is 20.8 Å². The van der Waals surface area contributed by atoms with Crippen LogP contribution in [0, 0.1) is 12.7 Å². The van der Waals surface area contributed by atoms with E-state index in [1.54, 1.807) is 30.8 Å². The maximum Gasteiger partial charge on any atom is 0.126 e. The Morgan fingerprint density at radius 3 is 2.50 bits per heavy atom. The Hall–Kier alpha value is -0.540. The molecule has 1 atom stereocenters. The van der Waals surface area contributed by atoms with Crippen LogP contribution in [0.15, 0.2) is 18.2 Å². The molecule has 1 rings (SSSR count). The van der Waals surface area contributed by atoms with Crippen molar-refractivity contribution in [2.24, 2.45) is 5.73 Å². The van der Waals surface area contributed by atoms with Crippen molar-refractivity contribution in [3.05, 3.63) is 35.1 Å². The molecule has 2 N–H and O–H groups in total. The van der Waals surface area contributed by atoms with Crippen molar-refractivity contribution in [2.75, 3.05) is 5.75 Å². The molecule has 0 aliphatic carbocycles. The van der Waals surface area contributed by atoms with Crippen molar-refractivity contribution in [2.45, 2.75) is 38.5 Å². The number of aryl methyl sites for hydroxylation is 1. The largest absolute Gasteiger partial charge is 0.323 e. The lowest BCUT2D eigenvalue weighted by Crippen LogP contribution is -2.18.